The smallest absolute Gasteiger partial charge is 0.350 e. The van der Waals surface area contributed by atoms with Crippen molar-refractivity contribution in [2.45, 2.75) is 25.4 Å². The topological polar surface area (TPSA) is 65.2 Å². The van der Waals surface area contributed by atoms with Gasteiger partial charge in [0, 0.05) is 12.0 Å². The Morgan fingerprint density at radius 1 is 1.45 bits per heavy atom. The lowest BCUT2D eigenvalue weighted by Crippen LogP contribution is -2.06. The Balaban J connectivity index is 1.48. The maximum Gasteiger partial charge on any atom is 0.350 e. The van der Waals surface area contributed by atoms with Gasteiger partial charge in [0.1, 0.15) is 16.2 Å². The fourth-order valence-electron chi connectivity index (χ4n) is 2.26. The monoisotopic (exact) mass is 318 g/mol. The van der Waals surface area contributed by atoms with Crippen molar-refractivity contribution >= 4 is 28.4 Å². The number of hydrogen-bond donors (Lipinski definition) is 0. The van der Waals surface area contributed by atoms with Crippen molar-refractivity contribution in [1.29, 1.82) is 0 Å². The fraction of sp³-hybridized carbons (Fsp3) is 0.267. The van der Waals surface area contributed by atoms with Crippen LogP contribution in [0.15, 0.2) is 28.1 Å². The predicted octanol–water partition coefficient (Wildman–Crippen LogP) is 3.66. The number of esters is 1. The number of nitrogens with zero attached hydrogens (tertiary/aromatic N) is 2. The molecule has 0 N–H and O–H groups in total. The molecule has 22 heavy (non-hydrogen) atoms. The van der Waals surface area contributed by atoms with Crippen molar-refractivity contribution in [2.24, 2.45) is 0 Å². The lowest BCUT2D eigenvalue weighted by atomic mass is 10.2. The van der Waals surface area contributed by atoms with Crippen LogP contribution in [-0.4, -0.2) is 15.9 Å². The van der Waals surface area contributed by atoms with E-state index in [0.29, 0.717) is 21.9 Å². The van der Waals surface area contributed by atoms with E-state index in [4.69, 9.17) is 9.15 Å². The van der Waals surface area contributed by atoms with Crippen LogP contribution in [0.1, 0.15) is 40.0 Å². The molecule has 1 aliphatic rings. The molecule has 112 valence electrons. The third kappa shape index (κ3) is 2.48. The number of halogens is 1. The number of rotatable bonds is 4. The highest BCUT2D eigenvalue weighted by Crippen LogP contribution is 2.41. The Morgan fingerprint density at radius 2 is 2.32 bits per heavy atom. The van der Waals surface area contributed by atoms with Crippen LogP contribution in [0.5, 0.6) is 0 Å². The molecule has 0 saturated heterocycles. The van der Waals surface area contributed by atoms with Crippen LogP contribution in [0.2, 0.25) is 0 Å². The molecule has 1 fully saturated rings. The standard InChI is InChI=1S/C15H11FN2O3S/c16-9-3-4-10-11(5-9)21-12(18-10)6-20-15(19)14-13(8-1-2-8)17-7-22-14/h3-5,7-8H,1-2,6H2. The Morgan fingerprint density at radius 3 is 3.14 bits per heavy atom. The van der Waals surface area contributed by atoms with Crippen LogP contribution < -0.4 is 0 Å². The van der Waals surface area contributed by atoms with E-state index in [1.165, 1.54) is 29.5 Å². The summed E-state index contributed by atoms with van der Waals surface area (Å²) >= 11 is 1.28. The minimum atomic E-state index is -0.419. The van der Waals surface area contributed by atoms with Crippen molar-refractivity contribution in [3.05, 3.63) is 46.0 Å². The summed E-state index contributed by atoms with van der Waals surface area (Å²) in [5.74, 6) is -0.184. The molecule has 1 aliphatic carbocycles. The molecule has 0 radical (unpaired) electrons. The van der Waals surface area contributed by atoms with Gasteiger partial charge in [-0.1, -0.05) is 0 Å². The number of aromatic nitrogens is 2. The van der Waals surface area contributed by atoms with Crippen molar-refractivity contribution in [1.82, 2.24) is 9.97 Å². The highest BCUT2D eigenvalue weighted by Gasteiger charge is 2.31. The van der Waals surface area contributed by atoms with E-state index >= 15 is 0 Å². The SMILES string of the molecule is O=C(OCc1nc2ccc(F)cc2o1)c1scnc1C1CC1. The van der Waals surface area contributed by atoms with Crippen LogP contribution in [0.3, 0.4) is 0 Å². The zero-order valence-electron chi connectivity index (χ0n) is 11.4. The molecule has 4 rings (SSSR count). The summed E-state index contributed by atoms with van der Waals surface area (Å²) < 4.78 is 23.7. The van der Waals surface area contributed by atoms with E-state index in [0.717, 1.165) is 18.5 Å². The van der Waals surface area contributed by atoms with Crippen LogP contribution in [0, 0.1) is 5.82 Å². The van der Waals surface area contributed by atoms with Crippen LogP contribution in [-0.2, 0) is 11.3 Å². The molecular formula is C15H11FN2O3S. The molecule has 0 bridgehead atoms. The highest BCUT2D eigenvalue weighted by atomic mass is 32.1. The first-order chi connectivity index (χ1) is 10.7. The van der Waals surface area contributed by atoms with Gasteiger partial charge in [0.25, 0.3) is 0 Å². The molecule has 0 amide bonds. The Bertz CT molecular complexity index is 853. The molecular weight excluding hydrogens is 307 g/mol. The second-order valence-corrected chi connectivity index (χ2v) is 5.99. The van der Waals surface area contributed by atoms with Gasteiger partial charge in [-0.05, 0) is 25.0 Å². The lowest BCUT2D eigenvalue weighted by molar-refractivity contribution is 0.0444. The Labute approximate surface area is 128 Å². The zero-order chi connectivity index (χ0) is 15.1. The molecule has 0 atom stereocenters. The molecule has 2 aromatic heterocycles. The zero-order valence-corrected chi connectivity index (χ0v) is 12.2. The number of ether oxygens (including phenoxy) is 1. The highest BCUT2D eigenvalue weighted by molar-refractivity contribution is 7.11. The molecule has 1 saturated carbocycles. The van der Waals surface area contributed by atoms with Crippen LogP contribution >= 0.6 is 11.3 Å². The van der Waals surface area contributed by atoms with Crippen molar-refractivity contribution in [2.75, 3.05) is 0 Å². The number of carbonyl (C=O) groups excluding carboxylic acids is 1. The first-order valence-corrected chi connectivity index (χ1v) is 7.74. The van der Waals surface area contributed by atoms with Gasteiger partial charge in [-0.25, -0.2) is 19.2 Å². The van der Waals surface area contributed by atoms with Gasteiger partial charge in [-0.15, -0.1) is 11.3 Å². The number of carbonyl (C=O) groups is 1. The summed E-state index contributed by atoms with van der Waals surface area (Å²) in [6.45, 7) is -0.0862. The van der Waals surface area contributed by atoms with Gasteiger partial charge < -0.3 is 9.15 Å². The van der Waals surface area contributed by atoms with Crippen molar-refractivity contribution in [3.63, 3.8) is 0 Å². The third-order valence-corrected chi connectivity index (χ3v) is 4.29. The number of benzene rings is 1. The molecule has 0 unspecified atom stereocenters. The minimum absolute atomic E-state index is 0.0862. The van der Waals surface area contributed by atoms with Gasteiger partial charge in [-0.2, -0.15) is 0 Å². The molecule has 3 aromatic rings. The number of fused-ring (bicyclic) bond motifs is 1. The lowest BCUT2D eigenvalue weighted by Gasteiger charge is -2.01. The van der Waals surface area contributed by atoms with E-state index in [9.17, 15) is 9.18 Å². The summed E-state index contributed by atoms with van der Waals surface area (Å²) in [6.07, 6.45) is 2.14. The van der Waals surface area contributed by atoms with Gasteiger partial charge in [0.15, 0.2) is 12.2 Å². The maximum absolute atomic E-state index is 13.1. The summed E-state index contributed by atoms with van der Waals surface area (Å²) in [5.41, 5.74) is 3.35. The van der Waals surface area contributed by atoms with E-state index in [1.54, 1.807) is 5.51 Å². The number of thiazole rings is 1. The van der Waals surface area contributed by atoms with Crippen molar-refractivity contribution < 1.29 is 18.3 Å². The molecule has 1 aromatic carbocycles. The van der Waals surface area contributed by atoms with Gasteiger partial charge >= 0.3 is 5.97 Å². The Kier molecular flexibility index (Phi) is 3.15. The molecule has 0 aliphatic heterocycles. The van der Waals surface area contributed by atoms with E-state index < -0.39 is 11.8 Å². The fourth-order valence-corrected chi connectivity index (χ4v) is 3.02. The average Bonchev–Trinajstić information content (AvgIpc) is 3.09. The second kappa shape index (κ2) is 5.17. The quantitative estimate of drug-likeness (QED) is 0.687. The van der Waals surface area contributed by atoms with E-state index in [1.807, 2.05) is 0 Å². The molecule has 7 heteroatoms. The third-order valence-electron chi connectivity index (χ3n) is 3.47. The van der Waals surface area contributed by atoms with Crippen molar-refractivity contribution in [3.8, 4) is 0 Å². The number of oxazole rings is 1. The average molecular weight is 318 g/mol. The minimum Gasteiger partial charge on any atom is -0.451 e. The summed E-state index contributed by atoms with van der Waals surface area (Å²) in [4.78, 5) is 21.1. The van der Waals surface area contributed by atoms with E-state index in [2.05, 4.69) is 9.97 Å². The molecule has 0 spiro atoms. The van der Waals surface area contributed by atoms with Gasteiger partial charge in [0.2, 0.25) is 5.89 Å². The molecule has 2 heterocycles. The predicted molar refractivity (Wildman–Crippen MR) is 77.2 cm³/mol. The first kappa shape index (κ1) is 13.4. The second-order valence-electron chi connectivity index (χ2n) is 5.14. The summed E-state index contributed by atoms with van der Waals surface area (Å²) in [6, 6.07) is 4.08. The van der Waals surface area contributed by atoms with Crippen LogP contribution in [0.4, 0.5) is 4.39 Å². The Hall–Kier alpha value is -2.28. The van der Waals surface area contributed by atoms with Gasteiger partial charge in [-0.3, -0.25) is 0 Å². The number of hydrogen-bond acceptors (Lipinski definition) is 6. The largest absolute Gasteiger partial charge is 0.451 e. The van der Waals surface area contributed by atoms with E-state index in [-0.39, 0.29) is 12.5 Å². The van der Waals surface area contributed by atoms with Crippen LogP contribution in [0.25, 0.3) is 11.1 Å². The summed E-state index contributed by atoms with van der Waals surface area (Å²) in [5, 5.41) is 0. The first-order valence-electron chi connectivity index (χ1n) is 6.86. The summed E-state index contributed by atoms with van der Waals surface area (Å²) in [7, 11) is 0. The maximum atomic E-state index is 13.1. The molecule has 5 nitrogen and oxygen atoms in total. The normalized spacial score (nSPS) is 14.4. The van der Waals surface area contributed by atoms with Gasteiger partial charge in [0.05, 0.1) is 11.2 Å².